The fraction of sp³-hybridized carbons (Fsp3) is 0.786. The minimum atomic E-state index is -0.809. The van der Waals surface area contributed by atoms with Gasteiger partial charge in [0, 0.05) is 11.5 Å². The number of nitrogens with one attached hydrogen (secondary N) is 2. The fourth-order valence-electron chi connectivity index (χ4n) is 2.14. The summed E-state index contributed by atoms with van der Waals surface area (Å²) in [5, 5.41) is 14.4. The second-order valence-electron chi connectivity index (χ2n) is 6.50. The number of carboxylic acids is 1. The molecule has 0 heterocycles. The number of carboxylic acid groups (broad SMARTS) is 1. The third-order valence-corrected chi connectivity index (χ3v) is 3.55. The molecule has 0 spiro atoms. The molecular formula is C14H24N2O4. The summed E-state index contributed by atoms with van der Waals surface area (Å²) in [4.78, 5) is 34.6. The SMILES string of the molecule is CC(NC(=O)C(C)(C)C)C(=O)NC1CCC(C(=O)O)C1. The molecule has 0 aromatic heterocycles. The van der Waals surface area contributed by atoms with Gasteiger partial charge in [-0.2, -0.15) is 0 Å². The van der Waals surface area contributed by atoms with Gasteiger partial charge in [-0.1, -0.05) is 20.8 Å². The molecule has 0 radical (unpaired) electrons. The van der Waals surface area contributed by atoms with Gasteiger partial charge in [0.2, 0.25) is 11.8 Å². The third kappa shape index (κ3) is 4.51. The summed E-state index contributed by atoms with van der Waals surface area (Å²) in [6, 6.07) is -0.733. The molecule has 0 aromatic rings. The zero-order valence-electron chi connectivity index (χ0n) is 12.5. The third-order valence-electron chi connectivity index (χ3n) is 3.55. The van der Waals surface area contributed by atoms with Crippen LogP contribution in [0.1, 0.15) is 47.0 Å². The second kappa shape index (κ2) is 6.24. The molecule has 1 fully saturated rings. The Hall–Kier alpha value is -1.59. The Bertz CT molecular complexity index is 400. The Balaban J connectivity index is 2.43. The van der Waals surface area contributed by atoms with E-state index < -0.39 is 17.4 Å². The van der Waals surface area contributed by atoms with E-state index in [-0.39, 0.29) is 23.8 Å². The molecule has 1 aliphatic carbocycles. The molecular weight excluding hydrogens is 260 g/mol. The Kier molecular flexibility index (Phi) is 5.14. The fourth-order valence-corrected chi connectivity index (χ4v) is 2.14. The first kappa shape index (κ1) is 16.5. The van der Waals surface area contributed by atoms with E-state index in [9.17, 15) is 14.4 Å². The summed E-state index contributed by atoms with van der Waals surface area (Å²) in [5.74, 6) is -1.63. The number of carbonyl (C=O) groups excluding carboxylic acids is 2. The molecule has 114 valence electrons. The molecule has 1 saturated carbocycles. The Morgan fingerprint density at radius 2 is 1.80 bits per heavy atom. The maximum Gasteiger partial charge on any atom is 0.306 e. The molecule has 1 aliphatic rings. The van der Waals surface area contributed by atoms with E-state index in [1.807, 2.05) is 0 Å². The Labute approximate surface area is 119 Å². The molecule has 3 unspecified atom stereocenters. The van der Waals surface area contributed by atoms with Crippen LogP contribution in [-0.2, 0) is 14.4 Å². The van der Waals surface area contributed by atoms with Crippen molar-refractivity contribution in [3.8, 4) is 0 Å². The highest BCUT2D eigenvalue weighted by atomic mass is 16.4. The van der Waals surface area contributed by atoms with Crippen molar-refractivity contribution < 1.29 is 19.5 Å². The highest BCUT2D eigenvalue weighted by molar-refractivity contribution is 5.89. The molecule has 3 N–H and O–H groups in total. The van der Waals surface area contributed by atoms with E-state index in [0.29, 0.717) is 19.3 Å². The number of carbonyl (C=O) groups is 3. The quantitative estimate of drug-likeness (QED) is 0.715. The van der Waals surface area contributed by atoms with Crippen molar-refractivity contribution >= 4 is 17.8 Å². The van der Waals surface area contributed by atoms with Gasteiger partial charge in [0.1, 0.15) is 6.04 Å². The Morgan fingerprint density at radius 3 is 2.25 bits per heavy atom. The number of amides is 2. The predicted octanol–water partition coefficient (Wildman–Crippen LogP) is 0.907. The van der Waals surface area contributed by atoms with E-state index >= 15 is 0 Å². The van der Waals surface area contributed by atoms with E-state index in [1.165, 1.54) is 0 Å². The summed E-state index contributed by atoms with van der Waals surface area (Å²) in [6.45, 7) is 6.97. The standard InChI is InChI=1S/C14H24N2O4/c1-8(15-13(20)14(2,3)4)11(17)16-10-6-5-9(7-10)12(18)19/h8-10H,5-7H2,1-4H3,(H,15,20)(H,16,17)(H,18,19). The first-order valence-electron chi connectivity index (χ1n) is 6.95. The van der Waals surface area contributed by atoms with Gasteiger partial charge in [-0.25, -0.2) is 0 Å². The van der Waals surface area contributed by atoms with Gasteiger partial charge in [0.05, 0.1) is 5.92 Å². The number of hydrogen-bond donors (Lipinski definition) is 3. The zero-order valence-corrected chi connectivity index (χ0v) is 12.5. The van der Waals surface area contributed by atoms with E-state index in [2.05, 4.69) is 10.6 Å². The minimum Gasteiger partial charge on any atom is -0.481 e. The lowest BCUT2D eigenvalue weighted by atomic mass is 9.95. The maximum atomic E-state index is 12.0. The summed E-state index contributed by atoms with van der Waals surface area (Å²) < 4.78 is 0. The smallest absolute Gasteiger partial charge is 0.306 e. The van der Waals surface area contributed by atoms with Crippen molar-refractivity contribution in [2.24, 2.45) is 11.3 Å². The number of aliphatic carboxylic acids is 1. The predicted molar refractivity (Wildman–Crippen MR) is 74.0 cm³/mol. The topological polar surface area (TPSA) is 95.5 Å². The molecule has 3 atom stereocenters. The molecule has 0 saturated heterocycles. The summed E-state index contributed by atoms with van der Waals surface area (Å²) in [5.41, 5.74) is -0.545. The molecule has 0 aromatic carbocycles. The molecule has 6 nitrogen and oxygen atoms in total. The van der Waals surface area contributed by atoms with Crippen LogP contribution in [0, 0.1) is 11.3 Å². The van der Waals surface area contributed by atoms with Gasteiger partial charge >= 0.3 is 5.97 Å². The maximum absolute atomic E-state index is 12.0. The van der Waals surface area contributed by atoms with Crippen LogP contribution in [0.25, 0.3) is 0 Å². The van der Waals surface area contributed by atoms with Crippen molar-refractivity contribution in [2.45, 2.75) is 59.0 Å². The molecule has 0 bridgehead atoms. The van der Waals surface area contributed by atoms with Crippen LogP contribution in [0.4, 0.5) is 0 Å². The van der Waals surface area contributed by atoms with Crippen LogP contribution in [0.15, 0.2) is 0 Å². The molecule has 20 heavy (non-hydrogen) atoms. The lowest BCUT2D eigenvalue weighted by Gasteiger charge is -2.22. The summed E-state index contributed by atoms with van der Waals surface area (Å²) in [7, 11) is 0. The van der Waals surface area contributed by atoms with Crippen molar-refractivity contribution in [1.29, 1.82) is 0 Å². The van der Waals surface area contributed by atoms with Gasteiger partial charge in [-0.3, -0.25) is 14.4 Å². The molecule has 6 heteroatoms. The first-order chi connectivity index (χ1) is 9.11. The van der Waals surface area contributed by atoms with E-state index in [0.717, 1.165) is 0 Å². The van der Waals surface area contributed by atoms with Gasteiger partial charge < -0.3 is 15.7 Å². The monoisotopic (exact) mass is 284 g/mol. The van der Waals surface area contributed by atoms with Crippen LogP contribution in [0.5, 0.6) is 0 Å². The van der Waals surface area contributed by atoms with Crippen molar-refractivity contribution in [2.75, 3.05) is 0 Å². The average Bonchev–Trinajstić information content (AvgIpc) is 2.76. The Morgan fingerprint density at radius 1 is 1.20 bits per heavy atom. The van der Waals surface area contributed by atoms with Gasteiger partial charge in [-0.15, -0.1) is 0 Å². The average molecular weight is 284 g/mol. The first-order valence-corrected chi connectivity index (χ1v) is 6.95. The lowest BCUT2D eigenvalue weighted by molar-refractivity contribution is -0.141. The van der Waals surface area contributed by atoms with Crippen molar-refractivity contribution in [1.82, 2.24) is 10.6 Å². The zero-order chi connectivity index (χ0) is 15.5. The van der Waals surface area contributed by atoms with Crippen LogP contribution < -0.4 is 10.6 Å². The largest absolute Gasteiger partial charge is 0.481 e. The number of hydrogen-bond acceptors (Lipinski definition) is 3. The molecule has 0 aliphatic heterocycles. The van der Waals surface area contributed by atoms with Gasteiger partial charge in [0.25, 0.3) is 0 Å². The number of rotatable bonds is 4. The van der Waals surface area contributed by atoms with E-state index in [4.69, 9.17) is 5.11 Å². The lowest BCUT2D eigenvalue weighted by Crippen LogP contribution is -2.50. The van der Waals surface area contributed by atoms with Crippen LogP contribution in [-0.4, -0.2) is 35.0 Å². The van der Waals surface area contributed by atoms with Gasteiger partial charge in [0.15, 0.2) is 0 Å². The molecule has 2 amide bonds. The van der Waals surface area contributed by atoms with Crippen LogP contribution in [0.2, 0.25) is 0 Å². The summed E-state index contributed by atoms with van der Waals surface area (Å²) in [6.07, 6.45) is 1.71. The highest BCUT2D eigenvalue weighted by Gasteiger charge is 2.32. The summed E-state index contributed by atoms with van der Waals surface area (Å²) >= 11 is 0. The molecule has 1 rings (SSSR count). The van der Waals surface area contributed by atoms with Crippen LogP contribution >= 0.6 is 0 Å². The normalized spacial score (nSPS) is 24.0. The second-order valence-corrected chi connectivity index (χ2v) is 6.50. The van der Waals surface area contributed by atoms with E-state index in [1.54, 1.807) is 27.7 Å². The minimum absolute atomic E-state index is 0.113. The highest BCUT2D eigenvalue weighted by Crippen LogP contribution is 2.25. The van der Waals surface area contributed by atoms with Crippen molar-refractivity contribution in [3.05, 3.63) is 0 Å². The van der Waals surface area contributed by atoms with Gasteiger partial charge in [-0.05, 0) is 26.2 Å². The van der Waals surface area contributed by atoms with Crippen LogP contribution in [0.3, 0.4) is 0 Å². The van der Waals surface area contributed by atoms with Crippen molar-refractivity contribution in [3.63, 3.8) is 0 Å².